The van der Waals surface area contributed by atoms with E-state index in [1.54, 1.807) is 12.1 Å². The van der Waals surface area contributed by atoms with Crippen LogP contribution < -0.4 is 4.72 Å². The van der Waals surface area contributed by atoms with Crippen LogP contribution in [0, 0.1) is 5.92 Å². The van der Waals surface area contributed by atoms with Gasteiger partial charge in [-0.05, 0) is 49.2 Å². The molecule has 1 aromatic heterocycles. The highest BCUT2D eigenvalue weighted by Gasteiger charge is 2.42. The van der Waals surface area contributed by atoms with Gasteiger partial charge in [0.15, 0.2) is 0 Å². The van der Waals surface area contributed by atoms with Crippen LogP contribution in [-0.4, -0.2) is 38.5 Å². The smallest absolute Gasteiger partial charge is 0.393 e. The summed E-state index contributed by atoms with van der Waals surface area (Å²) in [5.41, 5.74) is 0.146. The normalized spacial score (nSPS) is 18.2. The van der Waals surface area contributed by atoms with E-state index in [0.717, 1.165) is 0 Å². The fourth-order valence-corrected chi connectivity index (χ4v) is 4.04. The summed E-state index contributed by atoms with van der Waals surface area (Å²) in [6.45, 7) is -0.161. The lowest BCUT2D eigenvalue weighted by molar-refractivity contribution is -0.184. The van der Waals surface area contributed by atoms with Crippen molar-refractivity contribution in [3.05, 3.63) is 54.0 Å². The summed E-state index contributed by atoms with van der Waals surface area (Å²) < 4.78 is 70.8. The first-order chi connectivity index (χ1) is 13.2. The van der Waals surface area contributed by atoms with Crippen LogP contribution in [0.4, 0.5) is 13.2 Å². The lowest BCUT2D eigenvalue weighted by atomic mass is 9.97. The molecule has 0 bridgehead atoms. The Morgan fingerprint density at radius 2 is 1.93 bits per heavy atom. The maximum Gasteiger partial charge on any atom is 0.393 e. The summed E-state index contributed by atoms with van der Waals surface area (Å²) in [6.07, 6.45) is -2.63. The zero-order valence-electron chi connectivity index (χ0n) is 14.8. The molecule has 1 aromatic carbocycles. The Morgan fingerprint density at radius 3 is 2.54 bits per heavy atom. The van der Waals surface area contributed by atoms with E-state index in [2.05, 4.69) is 4.72 Å². The monoisotopic (exact) mass is 416 g/mol. The number of nitrogens with one attached hydrogen (secondary N) is 1. The maximum absolute atomic E-state index is 12.9. The van der Waals surface area contributed by atoms with Gasteiger partial charge in [0.2, 0.25) is 10.0 Å². The summed E-state index contributed by atoms with van der Waals surface area (Å²) >= 11 is 0. The number of piperidine rings is 1. The molecule has 1 fully saturated rings. The average Bonchev–Trinajstić information content (AvgIpc) is 3.19. The molecule has 1 N–H and O–H groups in total. The Morgan fingerprint density at radius 1 is 1.21 bits per heavy atom. The Hall–Kier alpha value is -2.33. The molecule has 28 heavy (non-hydrogen) atoms. The lowest BCUT2D eigenvalue weighted by Crippen LogP contribution is -2.44. The molecule has 2 aromatic rings. The number of halogens is 3. The fourth-order valence-electron chi connectivity index (χ4n) is 3.05. The van der Waals surface area contributed by atoms with Crippen molar-refractivity contribution in [3.8, 4) is 0 Å². The van der Waals surface area contributed by atoms with Crippen molar-refractivity contribution in [1.82, 2.24) is 9.62 Å². The van der Waals surface area contributed by atoms with Crippen LogP contribution in [0.5, 0.6) is 0 Å². The van der Waals surface area contributed by atoms with Gasteiger partial charge in [0, 0.05) is 18.7 Å². The molecule has 1 amide bonds. The number of likely N-dealkylation sites (tertiary alicyclic amines) is 1. The number of hydrogen-bond donors (Lipinski definition) is 1. The highest BCUT2D eigenvalue weighted by molar-refractivity contribution is 7.89. The zero-order valence-corrected chi connectivity index (χ0v) is 15.6. The molecule has 2 heterocycles. The van der Waals surface area contributed by atoms with Crippen molar-refractivity contribution < 1.29 is 30.8 Å². The molecule has 6 nitrogen and oxygen atoms in total. The molecule has 1 aliphatic rings. The lowest BCUT2D eigenvalue weighted by Gasteiger charge is -2.33. The van der Waals surface area contributed by atoms with Crippen LogP contribution >= 0.6 is 0 Å². The standard InChI is InChI=1S/C18H19F3N2O4S/c19-18(20,21)14-3-1-9-23(12-14)17(24)13-5-7-16(8-6-13)28(25,26)22-11-15-4-2-10-27-15/h2,4-8,10,14,22H,1,3,9,11-12H2. The number of carbonyl (C=O) groups is 1. The molecule has 1 aliphatic heterocycles. The SMILES string of the molecule is O=C(c1ccc(S(=O)(=O)NCc2ccco2)cc1)N1CCCC(C(F)(F)F)C1. The molecular weight excluding hydrogens is 397 g/mol. The predicted octanol–water partition coefficient (Wildman–Crippen LogP) is 3.17. The second kappa shape index (κ2) is 7.96. The molecule has 10 heteroatoms. The van der Waals surface area contributed by atoms with E-state index in [0.29, 0.717) is 5.76 Å². The van der Waals surface area contributed by atoms with Crippen LogP contribution in [0.25, 0.3) is 0 Å². The minimum Gasteiger partial charge on any atom is -0.468 e. The number of hydrogen-bond acceptors (Lipinski definition) is 4. The largest absolute Gasteiger partial charge is 0.468 e. The first kappa shape index (κ1) is 20.4. The average molecular weight is 416 g/mol. The molecule has 0 spiro atoms. The van der Waals surface area contributed by atoms with E-state index < -0.39 is 28.0 Å². The van der Waals surface area contributed by atoms with Crippen LogP contribution in [-0.2, 0) is 16.6 Å². The third kappa shape index (κ3) is 4.74. The number of carbonyl (C=O) groups excluding carboxylic acids is 1. The number of alkyl halides is 3. The molecule has 1 atom stereocenters. The Bertz CT molecular complexity index is 909. The highest BCUT2D eigenvalue weighted by atomic mass is 32.2. The van der Waals surface area contributed by atoms with Crippen molar-refractivity contribution in [2.45, 2.75) is 30.5 Å². The highest BCUT2D eigenvalue weighted by Crippen LogP contribution is 2.33. The van der Waals surface area contributed by atoms with Crippen molar-refractivity contribution in [2.75, 3.05) is 13.1 Å². The van der Waals surface area contributed by atoms with Crippen LogP contribution in [0.3, 0.4) is 0 Å². The van der Waals surface area contributed by atoms with Gasteiger partial charge in [0.1, 0.15) is 5.76 Å². The van der Waals surface area contributed by atoms with Crippen molar-refractivity contribution in [3.63, 3.8) is 0 Å². The Balaban J connectivity index is 1.67. The third-order valence-corrected chi connectivity index (χ3v) is 6.02. The van der Waals surface area contributed by atoms with Gasteiger partial charge in [-0.15, -0.1) is 0 Å². The summed E-state index contributed by atoms with van der Waals surface area (Å²) in [5, 5.41) is 0. The second-order valence-electron chi connectivity index (χ2n) is 6.56. The number of furan rings is 1. The minimum absolute atomic E-state index is 0.00575. The minimum atomic E-state index is -4.34. The molecule has 3 rings (SSSR count). The molecule has 0 saturated carbocycles. The van der Waals surface area contributed by atoms with Crippen molar-refractivity contribution in [2.24, 2.45) is 5.92 Å². The van der Waals surface area contributed by atoms with E-state index in [4.69, 9.17) is 4.42 Å². The fraction of sp³-hybridized carbons (Fsp3) is 0.389. The van der Waals surface area contributed by atoms with Gasteiger partial charge >= 0.3 is 6.18 Å². The van der Waals surface area contributed by atoms with E-state index in [1.807, 2.05) is 0 Å². The zero-order chi connectivity index (χ0) is 20.4. The first-order valence-electron chi connectivity index (χ1n) is 8.65. The molecule has 0 aliphatic carbocycles. The number of benzene rings is 1. The Kier molecular flexibility index (Phi) is 5.80. The van der Waals surface area contributed by atoms with Crippen LogP contribution in [0.2, 0.25) is 0 Å². The molecule has 1 unspecified atom stereocenters. The van der Waals surface area contributed by atoms with Crippen LogP contribution in [0.1, 0.15) is 29.0 Å². The molecule has 1 saturated heterocycles. The van der Waals surface area contributed by atoms with Gasteiger partial charge in [-0.25, -0.2) is 13.1 Å². The van der Waals surface area contributed by atoms with Gasteiger partial charge in [-0.2, -0.15) is 13.2 Å². The van der Waals surface area contributed by atoms with Crippen molar-refractivity contribution in [1.29, 1.82) is 0 Å². The number of amides is 1. The number of sulfonamides is 1. The predicted molar refractivity (Wildman–Crippen MR) is 93.9 cm³/mol. The molecular formula is C18H19F3N2O4S. The quantitative estimate of drug-likeness (QED) is 0.812. The van der Waals surface area contributed by atoms with Gasteiger partial charge in [-0.3, -0.25) is 4.79 Å². The number of nitrogens with zero attached hydrogens (tertiary/aromatic N) is 1. The summed E-state index contributed by atoms with van der Waals surface area (Å²) in [6, 6.07) is 8.37. The van der Waals surface area contributed by atoms with Crippen LogP contribution in [0.15, 0.2) is 52.0 Å². The van der Waals surface area contributed by atoms with Crippen molar-refractivity contribution >= 4 is 15.9 Å². The van der Waals surface area contributed by atoms with E-state index >= 15 is 0 Å². The third-order valence-electron chi connectivity index (χ3n) is 4.60. The summed E-state index contributed by atoms with van der Waals surface area (Å²) in [4.78, 5) is 13.6. The Labute approximate surface area is 160 Å². The van der Waals surface area contributed by atoms with E-state index in [-0.39, 0.29) is 42.9 Å². The number of rotatable bonds is 5. The summed E-state index contributed by atoms with van der Waals surface area (Å²) in [5.74, 6) is -1.63. The second-order valence-corrected chi connectivity index (χ2v) is 8.33. The van der Waals surface area contributed by atoms with Gasteiger partial charge in [0.05, 0.1) is 23.6 Å². The van der Waals surface area contributed by atoms with Gasteiger partial charge in [-0.1, -0.05) is 0 Å². The van der Waals surface area contributed by atoms with E-state index in [1.165, 1.54) is 35.4 Å². The summed E-state index contributed by atoms with van der Waals surface area (Å²) in [7, 11) is -3.82. The molecule has 0 radical (unpaired) electrons. The maximum atomic E-state index is 12.9. The topological polar surface area (TPSA) is 79.6 Å². The van der Waals surface area contributed by atoms with Gasteiger partial charge in [0.25, 0.3) is 5.91 Å². The first-order valence-corrected chi connectivity index (χ1v) is 10.1. The van der Waals surface area contributed by atoms with Gasteiger partial charge < -0.3 is 9.32 Å². The van der Waals surface area contributed by atoms with E-state index in [9.17, 15) is 26.4 Å². The molecule has 152 valence electrons.